The van der Waals surface area contributed by atoms with Crippen molar-refractivity contribution in [3.8, 4) is 5.75 Å². The van der Waals surface area contributed by atoms with Gasteiger partial charge in [-0.2, -0.15) is 5.06 Å². The summed E-state index contributed by atoms with van der Waals surface area (Å²) < 4.78 is 48.1. The van der Waals surface area contributed by atoms with Crippen LogP contribution >= 0.6 is 0 Å². The van der Waals surface area contributed by atoms with Crippen molar-refractivity contribution in [3.63, 3.8) is 0 Å². The molecule has 0 saturated carbocycles. The topological polar surface area (TPSA) is 67.9 Å². The molecule has 4 rings (SSSR count). The second kappa shape index (κ2) is 9.79. The zero-order valence-corrected chi connectivity index (χ0v) is 18.5. The molecule has 2 atom stereocenters. The number of nitrogens with zero attached hydrogens (tertiary/aromatic N) is 1. The Labute approximate surface area is 187 Å². The molecule has 0 amide bonds. The molecule has 0 aliphatic carbocycles. The Morgan fingerprint density at radius 3 is 2.56 bits per heavy atom. The quantitative estimate of drug-likeness (QED) is 0.558. The van der Waals surface area contributed by atoms with Crippen molar-refractivity contribution in [2.45, 2.75) is 24.4 Å². The molecule has 168 valence electrons. The molecular formula is C24H25FN2O4S. The van der Waals surface area contributed by atoms with Gasteiger partial charge >= 0.3 is 0 Å². The first-order valence-electron chi connectivity index (χ1n) is 10.3. The van der Waals surface area contributed by atoms with Crippen LogP contribution < -0.4 is 9.46 Å². The van der Waals surface area contributed by atoms with Gasteiger partial charge < -0.3 is 4.74 Å². The Morgan fingerprint density at radius 2 is 1.78 bits per heavy atom. The summed E-state index contributed by atoms with van der Waals surface area (Å²) in [5.41, 5.74) is 2.37. The van der Waals surface area contributed by atoms with Gasteiger partial charge in [0, 0.05) is 13.6 Å². The van der Waals surface area contributed by atoms with Crippen molar-refractivity contribution in [1.82, 2.24) is 9.79 Å². The normalized spacial score (nSPS) is 19.2. The summed E-state index contributed by atoms with van der Waals surface area (Å²) in [5, 5.41) is 0.730. The number of hydrogen-bond donors (Lipinski definition) is 1. The number of sulfonamides is 1. The second-order valence-electron chi connectivity index (χ2n) is 7.67. The zero-order chi connectivity index (χ0) is 22.6. The highest BCUT2D eigenvalue weighted by atomic mass is 32.2. The summed E-state index contributed by atoms with van der Waals surface area (Å²) in [4.78, 5) is 5.57. The number of hydroxylamine groups is 2. The van der Waals surface area contributed by atoms with Crippen LogP contribution in [0, 0.1) is 5.82 Å². The van der Waals surface area contributed by atoms with Crippen molar-refractivity contribution in [1.29, 1.82) is 0 Å². The molecule has 1 saturated heterocycles. The second-order valence-corrected chi connectivity index (χ2v) is 9.65. The van der Waals surface area contributed by atoms with E-state index in [0.29, 0.717) is 17.9 Å². The number of halogens is 1. The highest BCUT2D eigenvalue weighted by Crippen LogP contribution is 2.34. The molecule has 1 aliphatic heterocycles. The van der Waals surface area contributed by atoms with Crippen LogP contribution in [0.2, 0.25) is 0 Å². The molecule has 8 heteroatoms. The Hall–Kier alpha value is -2.78. The Balaban J connectivity index is 1.49. The van der Waals surface area contributed by atoms with Crippen molar-refractivity contribution >= 4 is 10.0 Å². The van der Waals surface area contributed by atoms with E-state index in [0.717, 1.165) is 11.1 Å². The van der Waals surface area contributed by atoms with E-state index in [9.17, 15) is 12.8 Å². The maximum Gasteiger partial charge on any atom is 0.219 e. The molecule has 0 bridgehead atoms. The Bertz CT molecular complexity index is 1160. The molecule has 1 N–H and O–H groups in total. The first kappa shape index (κ1) is 22.4. The predicted octanol–water partition coefficient (Wildman–Crippen LogP) is 3.81. The molecule has 6 nitrogen and oxygen atoms in total. The molecule has 3 aromatic carbocycles. The molecular weight excluding hydrogens is 431 g/mol. The average Bonchev–Trinajstić information content (AvgIpc) is 3.20. The lowest BCUT2D eigenvalue weighted by molar-refractivity contribution is -0.110. The van der Waals surface area contributed by atoms with Gasteiger partial charge in [-0.1, -0.05) is 54.6 Å². The first-order valence-corrected chi connectivity index (χ1v) is 11.8. The van der Waals surface area contributed by atoms with Crippen LogP contribution in [0.3, 0.4) is 0 Å². The van der Waals surface area contributed by atoms with Crippen LogP contribution in [0.5, 0.6) is 5.75 Å². The van der Waals surface area contributed by atoms with E-state index in [2.05, 4.69) is 4.72 Å². The van der Waals surface area contributed by atoms with Gasteiger partial charge in [-0.25, -0.2) is 17.5 Å². The Morgan fingerprint density at radius 1 is 1.03 bits per heavy atom. The van der Waals surface area contributed by atoms with Gasteiger partial charge in [-0.3, -0.25) is 4.84 Å². The number of nitrogens with one attached hydrogen (secondary N) is 1. The number of ether oxygens (including phenoxy) is 1. The van der Waals surface area contributed by atoms with Gasteiger partial charge in [-0.15, -0.1) is 0 Å². The monoisotopic (exact) mass is 456 g/mol. The standard InChI is InChI=1S/C24H25FN2O4S/c1-27-24(20-10-6-12-22(14-20)30-16-18-7-3-2-4-8-18)23(17-31-27)32(28,29)26-15-19-9-5-11-21(25)13-19/h2-14,23-24,26H,15-17H2,1H3/t23-,24-/m1/s1. The number of hydrogen-bond acceptors (Lipinski definition) is 5. The lowest BCUT2D eigenvalue weighted by Gasteiger charge is -2.23. The van der Waals surface area contributed by atoms with Crippen LogP contribution in [-0.4, -0.2) is 32.4 Å². The fourth-order valence-corrected chi connectivity index (χ4v) is 5.24. The van der Waals surface area contributed by atoms with E-state index in [1.54, 1.807) is 24.2 Å². The molecule has 0 aromatic heterocycles. The van der Waals surface area contributed by atoms with Gasteiger partial charge in [0.25, 0.3) is 0 Å². The molecule has 1 fully saturated rings. The molecule has 0 radical (unpaired) electrons. The molecule has 3 aromatic rings. The molecule has 0 spiro atoms. The molecule has 1 aliphatic rings. The molecule has 32 heavy (non-hydrogen) atoms. The molecule has 0 unspecified atom stereocenters. The number of benzene rings is 3. The highest BCUT2D eigenvalue weighted by molar-refractivity contribution is 7.90. The SMILES string of the molecule is CN1OC[C@@H](S(=O)(=O)NCc2cccc(F)c2)[C@H]1c1cccc(OCc2ccccc2)c1. The van der Waals surface area contributed by atoms with Gasteiger partial charge in [0.2, 0.25) is 10.0 Å². The third-order valence-electron chi connectivity index (χ3n) is 5.40. The summed E-state index contributed by atoms with van der Waals surface area (Å²) in [7, 11) is -2.04. The van der Waals surface area contributed by atoms with Gasteiger partial charge in [-0.05, 0) is 41.0 Å². The Kier molecular flexibility index (Phi) is 6.86. The lowest BCUT2D eigenvalue weighted by atomic mass is 10.0. The van der Waals surface area contributed by atoms with E-state index < -0.39 is 27.1 Å². The van der Waals surface area contributed by atoms with Crippen molar-refractivity contribution < 1.29 is 22.4 Å². The minimum absolute atomic E-state index is 0.00720. The van der Waals surface area contributed by atoms with Crippen LogP contribution in [-0.2, 0) is 28.0 Å². The molecule has 1 heterocycles. The van der Waals surface area contributed by atoms with Gasteiger partial charge in [0.05, 0.1) is 12.6 Å². The summed E-state index contributed by atoms with van der Waals surface area (Å²) in [6, 6.07) is 22.5. The van der Waals surface area contributed by atoms with Crippen molar-refractivity contribution in [2.24, 2.45) is 0 Å². The van der Waals surface area contributed by atoms with Gasteiger partial charge in [0.1, 0.15) is 23.4 Å². The van der Waals surface area contributed by atoms with Crippen LogP contribution in [0.1, 0.15) is 22.7 Å². The number of rotatable bonds is 8. The van der Waals surface area contributed by atoms with Crippen LogP contribution in [0.15, 0.2) is 78.9 Å². The minimum atomic E-state index is -3.75. The third-order valence-corrected chi connectivity index (χ3v) is 7.14. The maximum atomic E-state index is 13.4. The zero-order valence-electron chi connectivity index (χ0n) is 17.6. The summed E-state index contributed by atoms with van der Waals surface area (Å²) in [6.07, 6.45) is 0. The predicted molar refractivity (Wildman–Crippen MR) is 120 cm³/mol. The smallest absolute Gasteiger partial charge is 0.219 e. The van der Waals surface area contributed by atoms with Crippen molar-refractivity contribution in [2.75, 3.05) is 13.7 Å². The maximum absolute atomic E-state index is 13.4. The summed E-state index contributed by atoms with van der Waals surface area (Å²) >= 11 is 0. The fraction of sp³-hybridized carbons (Fsp3) is 0.250. The fourth-order valence-electron chi connectivity index (χ4n) is 3.75. The van der Waals surface area contributed by atoms with Crippen molar-refractivity contribution in [3.05, 3.63) is 101 Å². The first-order chi connectivity index (χ1) is 15.4. The van der Waals surface area contributed by atoms with E-state index in [1.165, 1.54) is 12.1 Å². The van der Waals surface area contributed by atoms with E-state index in [4.69, 9.17) is 9.57 Å². The van der Waals surface area contributed by atoms with E-state index >= 15 is 0 Å². The third kappa shape index (κ3) is 5.34. The summed E-state index contributed by atoms with van der Waals surface area (Å²) in [6.45, 7) is 0.445. The minimum Gasteiger partial charge on any atom is -0.489 e. The van der Waals surface area contributed by atoms with Crippen LogP contribution in [0.4, 0.5) is 4.39 Å². The highest BCUT2D eigenvalue weighted by Gasteiger charge is 2.43. The average molecular weight is 457 g/mol. The van der Waals surface area contributed by atoms with E-state index in [1.807, 2.05) is 54.6 Å². The van der Waals surface area contributed by atoms with Crippen LogP contribution in [0.25, 0.3) is 0 Å². The largest absolute Gasteiger partial charge is 0.489 e. The summed E-state index contributed by atoms with van der Waals surface area (Å²) in [5.74, 6) is 0.242. The lowest BCUT2D eigenvalue weighted by Crippen LogP contribution is -2.39. The van der Waals surface area contributed by atoms with Gasteiger partial charge in [0.15, 0.2) is 0 Å². The van der Waals surface area contributed by atoms with E-state index in [-0.39, 0.29) is 13.2 Å².